The van der Waals surface area contributed by atoms with Gasteiger partial charge in [-0.3, -0.25) is 0 Å². The number of benzene rings is 1. The molecule has 2 rings (SSSR count). The van der Waals surface area contributed by atoms with Crippen LogP contribution in [0.2, 0.25) is 0 Å². The molecule has 19 heavy (non-hydrogen) atoms. The molecule has 0 aliphatic carbocycles. The highest BCUT2D eigenvalue weighted by atomic mass is 32.1. The molecule has 0 saturated heterocycles. The summed E-state index contributed by atoms with van der Waals surface area (Å²) in [6.45, 7) is 7.21. The molecule has 3 nitrogen and oxygen atoms in total. The molecular formula is C15H20N2OS. The highest BCUT2D eigenvalue weighted by molar-refractivity contribution is 7.15. The zero-order valence-corrected chi connectivity index (χ0v) is 12.5. The fourth-order valence-electron chi connectivity index (χ4n) is 1.99. The van der Waals surface area contributed by atoms with Gasteiger partial charge in [0.2, 0.25) is 0 Å². The number of nitrogens with two attached hydrogens (primary N) is 1. The third kappa shape index (κ3) is 3.03. The lowest BCUT2D eigenvalue weighted by molar-refractivity contribution is -0.0142. The Labute approximate surface area is 118 Å². The molecule has 0 radical (unpaired) electrons. The monoisotopic (exact) mass is 276 g/mol. The van der Waals surface area contributed by atoms with Crippen molar-refractivity contribution in [2.75, 3.05) is 6.61 Å². The fraction of sp³-hybridized carbons (Fsp3) is 0.400. The van der Waals surface area contributed by atoms with Crippen molar-refractivity contribution in [3.8, 4) is 10.4 Å². The number of aromatic nitrogens is 1. The Morgan fingerprint density at radius 1 is 1.26 bits per heavy atom. The van der Waals surface area contributed by atoms with Gasteiger partial charge in [-0.25, -0.2) is 4.98 Å². The molecule has 0 spiro atoms. The molecule has 2 N–H and O–H groups in total. The average Bonchev–Trinajstić information content (AvgIpc) is 2.84. The standard InChI is InChI=1S/C15H20N2OS/c1-4-18-15(2,3)14-17-12(10-16)13(19-14)11-8-6-5-7-9-11/h5-9H,4,10,16H2,1-3H3. The fourth-order valence-corrected chi connectivity index (χ4v) is 3.14. The predicted molar refractivity (Wildman–Crippen MR) is 80.1 cm³/mol. The van der Waals surface area contributed by atoms with Crippen LogP contribution in [-0.2, 0) is 16.9 Å². The van der Waals surface area contributed by atoms with E-state index in [1.807, 2.05) is 39.0 Å². The van der Waals surface area contributed by atoms with Crippen LogP contribution in [0, 0.1) is 0 Å². The summed E-state index contributed by atoms with van der Waals surface area (Å²) in [4.78, 5) is 5.81. The number of thiazole rings is 1. The highest BCUT2D eigenvalue weighted by Crippen LogP contribution is 2.36. The van der Waals surface area contributed by atoms with Crippen molar-refractivity contribution < 1.29 is 4.74 Å². The second-order valence-corrected chi connectivity index (χ2v) is 5.81. The molecule has 4 heteroatoms. The minimum Gasteiger partial charge on any atom is -0.369 e. The first-order valence-electron chi connectivity index (χ1n) is 6.48. The molecule has 0 unspecified atom stereocenters. The van der Waals surface area contributed by atoms with Gasteiger partial charge in [0, 0.05) is 13.2 Å². The minimum atomic E-state index is -0.365. The number of hydrogen-bond donors (Lipinski definition) is 1. The Morgan fingerprint density at radius 3 is 2.53 bits per heavy atom. The largest absolute Gasteiger partial charge is 0.369 e. The topological polar surface area (TPSA) is 48.1 Å². The van der Waals surface area contributed by atoms with Gasteiger partial charge in [-0.2, -0.15) is 0 Å². The van der Waals surface area contributed by atoms with Crippen molar-refractivity contribution in [1.29, 1.82) is 0 Å². The Kier molecular flexibility index (Phi) is 4.34. The Bertz CT molecular complexity index is 534. The van der Waals surface area contributed by atoms with E-state index >= 15 is 0 Å². The summed E-state index contributed by atoms with van der Waals surface area (Å²) in [7, 11) is 0. The van der Waals surface area contributed by atoms with E-state index in [4.69, 9.17) is 10.5 Å². The number of nitrogens with zero attached hydrogens (tertiary/aromatic N) is 1. The molecule has 0 saturated carbocycles. The van der Waals surface area contributed by atoms with Crippen LogP contribution in [0.3, 0.4) is 0 Å². The zero-order valence-electron chi connectivity index (χ0n) is 11.6. The lowest BCUT2D eigenvalue weighted by Gasteiger charge is -2.21. The summed E-state index contributed by atoms with van der Waals surface area (Å²) < 4.78 is 5.77. The highest BCUT2D eigenvalue weighted by Gasteiger charge is 2.26. The molecule has 102 valence electrons. The minimum absolute atomic E-state index is 0.365. The van der Waals surface area contributed by atoms with E-state index < -0.39 is 0 Å². The van der Waals surface area contributed by atoms with Crippen molar-refractivity contribution in [1.82, 2.24) is 4.98 Å². The molecule has 0 fully saturated rings. The van der Waals surface area contributed by atoms with Gasteiger partial charge >= 0.3 is 0 Å². The molecule has 0 atom stereocenters. The molecule has 0 aliphatic rings. The molecule has 0 bridgehead atoms. The summed E-state index contributed by atoms with van der Waals surface area (Å²) in [6.07, 6.45) is 0. The summed E-state index contributed by atoms with van der Waals surface area (Å²) in [5.41, 5.74) is 7.57. The first kappa shape index (κ1) is 14.2. The van der Waals surface area contributed by atoms with Crippen LogP contribution in [0.15, 0.2) is 30.3 Å². The van der Waals surface area contributed by atoms with Crippen molar-refractivity contribution in [2.24, 2.45) is 5.73 Å². The maximum atomic E-state index is 5.82. The first-order chi connectivity index (χ1) is 9.08. The van der Waals surface area contributed by atoms with E-state index in [0.29, 0.717) is 13.2 Å². The van der Waals surface area contributed by atoms with Crippen LogP contribution in [0.4, 0.5) is 0 Å². The van der Waals surface area contributed by atoms with Crippen LogP contribution in [0.25, 0.3) is 10.4 Å². The van der Waals surface area contributed by atoms with E-state index in [1.165, 1.54) is 5.56 Å². The van der Waals surface area contributed by atoms with Gasteiger partial charge in [0.25, 0.3) is 0 Å². The van der Waals surface area contributed by atoms with Crippen molar-refractivity contribution in [3.63, 3.8) is 0 Å². The maximum absolute atomic E-state index is 5.82. The summed E-state index contributed by atoms with van der Waals surface area (Å²) >= 11 is 1.67. The Hall–Kier alpha value is -1.23. The average molecular weight is 276 g/mol. The Balaban J connectivity index is 2.44. The number of hydrogen-bond acceptors (Lipinski definition) is 4. The van der Waals surface area contributed by atoms with Crippen molar-refractivity contribution in [3.05, 3.63) is 41.0 Å². The maximum Gasteiger partial charge on any atom is 0.125 e. The third-order valence-corrected chi connectivity index (χ3v) is 4.40. The molecular weight excluding hydrogens is 256 g/mol. The second-order valence-electron chi connectivity index (χ2n) is 4.81. The van der Waals surface area contributed by atoms with Crippen LogP contribution < -0.4 is 5.73 Å². The second kappa shape index (κ2) is 5.82. The van der Waals surface area contributed by atoms with Gasteiger partial charge in [-0.15, -0.1) is 11.3 Å². The summed E-state index contributed by atoms with van der Waals surface area (Å²) in [6, 6.07) is 10.2. The molecule has 0 aliphatic heterocycles. The Morgan fingerprint density at radius 2 is 1.95 bits per heavy atom. The van der Waals surface area contributed by atoms with Crippen LogP contribution >= 0.6 is 11.3 Å². The summed E-state index contributed by atoms with van der Waals surface area (Å²) in [5, 5.41) is 0.980. The number of rotatable bonds is 5. The van der Waals surface area contributed by atoms with Crippen LogP contribution in [0.5, 0.6) is 0 Å². The zero-order chi connectivity index (χ0) is 13.9. The van der Waals surface area contributed by atoms with Gasteiger partial charge in [0.15, 0.2) is 0 Å². The lowest BCUT2D eigenvalue weighted by atomic mass is 10.1. The summed E-state index contributed by atoms with van der Waals surface area (Å²) in [5.74, 6) is 0. The molecule has 2 aromatic rings. The normalized spacial score (nSPS) is 11.8. The van der Waals surface area contributed by atoms with E-state index in [-0.39, 0.29) is 5.60 Å². The molecule has 1 aromatic carbocycles. The van der Waals surface area contributed by atoms with E-state index in [0.717, 1.165) is 15.6 Å². The van der Waals surface area contributed by atoms with Gasteiger partial charge < -0.3 is 10.5 Å². The van der Waals surface area contributed by atoms with E-state index in [9.17, 15) is 0 Å². The van der Waals surface area contributed by atoms with E-state index in [1.54, 1.807) is 11.3 Å². The lowest BCUT2D eigenvalue weighted by Crippen LogP contribution is -2.21. The number of ether oxygens (including phenoxy) is 1. The van der Waals surface area contributed by atoms with E-state index in [2.05, 4.69) is 17.1 Å². The first-order valence-corrected chi connectivity index (χ1v) is 7.29. The smallest absolute Gasteiger partial charge is 0.125 e. The van der Waals surface area contributed by atoms with Crippen molar-refractivity contribution in [2.45, 2.75) is 32.9 Å². The van der Waals surface area contributed by atoms with Crippen LogP contribution in [-0.4, -0.2) is 11.6 Å². The SMILES string of the molecule is CCOC(C)(C)c1nc(CN)c(-c2ccccc2)s1. The van der Waals surface area contributed by atoms with Gasteiger partial charge in [0.1, 0.15) is 10.6 Å². The van der Waals surface area contributed by atoms with Crippen molar-refractivity contribution >= 4 is 11.3 Å². The quantitative estimate of drug-likeness (QED) is 0.908. The van der Waals surface area contributed by atoms with Gasteiger partial charge in [0.05, 0.1) is 10.6 Å². The van der Waals surface area contributed by atoms with Crippen LogP contribution in [0.1, 0.15) is 31.5 Å². The van der Waals surface area contributed by atoms with Gasteiger partial charge in [-0.1, -0.05) is 30.3 Å². The molecule has 1 aromatic heterocycles. The van der Waals surface area contributed by atoms with Gasteiger partial charge in [-0.05, 0) is 26.3 Å². The predicted octanol–water partition coefficient (Wildman–Crippen LogP) is 3.54. The third-order valence-electron chi connectivity index (χ3n) is 2.95. The molecule has 1 heterocycles. The molecule has 0 amide bonds.